The normalized spacial score (nSPS) is 15.1. The molecule has 6 nitrogen and oxygen atoms in total. The smallest absolute Gasteiger partial charge is 0.270 e. The third kappa shape index (κ3) is 4.83. The lowest BCUT2D eigenvalue weighted by Crippen LogP contribution is -2.54. The van der Waals surface area contributed by atoms with Gasteiger partial charge in [-0.25, -0.2) is 9.29 Å². The van der Waals surface area contributed by atoms with Crippen LogP contribution >= 0.6 is 28.1 Å². The highest BCUT2D eigenvalue weighted by Crippen LogP contribution is 2.38. The van der Waals surface area contributed by atoms with Gasteiger partial charge in [-0.2, -0.15) is 0 Å². The number of nitrogens with one attached hydrogen (secondary N) is 1. The summed E-state index contributed by atoms with van der Waals surface area (Å²) >= 11 is 8.53. The molecule has 1 saturated heterocycles. The van der Waals surface area contributed by atoms with Crippen molar-refractivity contribution in [2.24, 2.45) is 0 Å². The fourth-order valence-corrected chi connectivity index (χ4v) is 3.74. The Hall–Kier alpha value is -3.04. The lowest BCUT2D eigenvalue weighted by Gasteiger charge is -2.29. The van der Waals surface area contributed by atoms with E-state index >= 15 is 0 Å². The van der Waals surface area contributed by atoms with Crippen LogP contribution in [-0.4, -0.2) is 30.1 Å². The second-order valence-corrected chi connectivity index (χ2v) is 7.51. The standard InChI is InChI=1S/C22H18BrFN2O4S/c1-3-9-30-19-15(23)11-13(12-18(19)29-4-2)10-14-20(27)25-22(31)26(21(14)28)17-8-6-5-7-16(17)24/h3,5-8,10-12H,1,4,9H2,2H3,(H,25,27,31)/b14-10+. The molecule has 1 heterocycles. The molecule has 0 aromatic heterocycles. The summed E-state index contributed by atoms with van der Waals surface area (Å²) in [6.45, 7) is 6.10. The second kappa shape index (κ2) is 9.84. The van der Waals surface area contributed by atoms with Crippen LogP contribution in [0, 0.1) is 5.82 Å². The highest BCUT2D eigenvalue weighted by molar-refractivity contribution is 9.10. The molecule has 1 fully saturated rings. The first-order valence-corrected chi connectivity index (χ1v) is 10.4. The van der Waals surface area contributed by atoms with Gasteiger partial charge < -0.3 is 9.47 Å². The van der Waals surface area contributed by atoms with Gasteiger partial charge in [-0.3, -0.25) is 14.9 Å². The SMILES string of the molecule is C=CCOc1c(Br)cc(/C=C2\C(=O)NC(=S)N(c3ccccc3F)C2=O)cc1OCC. The van der Waals surface area contributed by atoms with Crippen LogP contribution in [0.25, 0.3) is 6.08 Å². The number of amides is 2. The molecule has 0 bridgehead atoms. The second-order valence-electron chi connectivity index (χ2n) is 6.27. The number of carbonyl (C=O) groups excluding carboxylic acids is 2. The molecule has 0 spiro atoms. The molecule has 1 aliphatic heterocycles. The molecule has 0 aliphatic carbocycles. The largest absolute Gasteiger partial charge is 0.490 e. The number of thiocarbonyl (C=S) groups is 1. The topological polar surface area (TPSA) is 67.9 Å². The first-order valence-electron chi connectivity index (χ1n) is 9.23. The fraction of sp³-hybridized carbons (Fsp3) is 0.136. The summed E-state index contributed by atoms with van der Waals surface area (Å²) in [5.41, 5.74) is 0.250. The maximum atomic E-state index is 14.3. The molecule has 0 atom stereocenters. The number of hydrogen-bond acceptors (Lipinski definition) is 5. The maximum Gasteiger partial charge on any atom is 0.270 e. The van der Waals surface area contributed by atoms with Gasteiger partial charge in [0.2, 0.25) is 0 Å². The molecule has 0 saturated carbocycles. The molecule has 0 unspecified atom stereocenters. The molecule has 2 amide bonds. The highest BCUT2D eigenvalue weighted by atomic mass is 79.9. The number of anilines is 1. The monoisotopic (exact) mass is 504 g/mol. The van der Waals surface area contributed by atoms with Crippen molar-refractivity contribution in [1.82, 2.24) is 5.32 Å². The van der Waals surface area contributed by atoms with E-state index in [1.54, 1.807) is 24.3 Å². The van der Waals surface area contributed by atoms with E-state index in [0.717, 1.165) is 4.90 Å². The van der Waals surface area contributed by atoms with Crippen LogP contribution in [0.2, 0.25) is 0 Å². The van der Waals surface area contributed by atoms with E-state index in [-0.39, 0.29) is 23.0 Å². The van der Waals surface area contributed by atoms with Crippen LogP contribution in [0.3, 0.4) is 0 Å². The van der Waals surface area contributed by atoms with E-state index in [0.29, 0.717) is 28.1 Å². The molecule has 3 rings (SSSR count). The van der Waals surface area contributed by atoms with Crippen molar-refractivity contribution in [1.29, 1.82) is 0 Å². The van der Waals surface area contributed by atoms with E-state index < -0.39 is 17.6 Å². The van der Waals surface area contributed by atoms with Gasteiger partial charge in [-0.1, -0.05) is 24.8 Å². The number of halogens is 2. The van der Waals surface area contributed by atoms with Crippen molar-refractivity contribution in [3.8, 4) is 11.5 Å². The van der Waals surface area contributed by atoms with Crippen LogP contribution in [0.4, 0.5) is 10.1 Å². The quantitative estimate of drug-likeness (QED) is 0.262. The lowest BCUT2D eigenvalue weighted by atomic mass is 10.1. The Morgan fingerprint density at radius 3 is 2.68 bits per heavy atom. The number of ether oxygens (including phenoxy) is 2. The average Bonchev–Trinajstić information content (AvgIpc) is 2.72. The molecule has 2 aromatic carbocycles. The average molecular weight is 505 g/mol. The van der Waals surface area contributed by atoms with Crippen LogP contribution < -0.4 is 19.7 Å². The Balaban J connectivity index is 2.04. The molecule has 160 valence electrons. The van der Waals surface area contributed by atoms with E-state index in [1.165, 1.54) is 24.3 Å². The number of rotatable bonds is 7. The van der Waals surface area contributed by atoms with E-state index in [1.807, 2.05) is 6.92 Å². The molecule has 2 aromatic rings. The van der Waals surface area contributed by atoms with Crippen molar-refractivity contribution in [3.05, 3.63) is 70.5 Å². The predicted octanol–water partition coefficient (Wildman–Crippen LogP) is 4.38. The number of carbonyl (C=O) groups is 2. The molecular formula is C22H18BrFN2O4S. The van der Waals surface area contributed by atoms with Crippen molar-refractivity contribution in [2.45, 2.75) is 6.92 Å². The summed E-state index contributed by atoms with van der Waals surface area (Å²) in [4.78, 5) is 26.5. The number of hydrogen-bond donors (Lipinski definition) is 1. The summed E-state index contributed by atoms with van der Waals surface area (Å²) in [5, 5.41) is 2.24. The Labute approximate surface area is 192 Å². The van der Waals surface area contributed by atoms with Crippen LogP contribution in [0.1, 0.15) is 12.5 Å². The van der Waals surface area contributed by atoms with E-state index in [4.69, 9.17) is 21.7 Å². The van der Waals surface area contributed by atoms with Gasteiger partial charge in [0, 0.05) is 0 Å². The zero-order chi connectivity index (χ0) is 22.5. The first kappa shape index (κ1) is 22.6. The van der Waals surface area contributed by atoms with Crippen molar-refractivity contribution in [3.63, 3.8) is 0 Å². The lowest BCUT2D eigenvalue weighted by molar-refractivity contribution is -0.122. The van der Waals surface area contributed by atoms with E-state index in [2.05, 4.69) is 27.8 Å². The Bertz CT molecular complexity index is 1100. The minimum atomic E-state index is -0.736. The van der Waals surface area contributed by atoms with Gasteiger partial charge in [0.1, 0.15) is 18.0 Å². The Morgan fingerprint density at radius 1 is 1.26 bits per heavy atom. The number of benzene rings is 2. The molecule has 1 aliphatic rings. The zero-order valence-corrected chi connectivity index (χ0v) is 18.9. The minimum Gasteiger partial charge on any atom is -0.490 e. The van der Waals surface area contributed by atoms with Gasteiger partial charge in [0.05, 0.1) is 16.8 Å². The molecule has 31 heavy (non-hydrogen) atoms. The van der Waals surface area contributed by atoms with Gasteiger partial charge in [-0.05, 0) is 71.0 Å². The highest BCUT2D eigenvalue weighted by Gasteiger charge is 2.35. The maximum absolute atomic E-state index is 14.3. The third-order valence-corrected chi connectivity index (χ3v) is 5.06. The Kier molecular flexibility index (Phi) is 7.19. The van der Waals surface area contributed by atoms with E-state index in [9.17, 15) is 14.0 Å². The number of nitrogens with zero attached hydrogens (tertiary/aromatic N) is 1. The summed E-state index contributed by atoms with van der Waals surface area (Å²) in [7, 11) is 0. The first-order chi connectivity index (χ1) is 14.9. The molecule has 0 radical (unpaired) electrons. The summed E-state index contributed by atoms with van der Waals surface area (Å²) in [6, 6.07) is 8.99. The predicted molar refractivity (Wildman–Crippen MR) is 124 cm³/mol. The van der Waals surface area contributed by atoms with Crippen LogP contribution in [-0.2, 0) is 9.59 Å². The van der Waals surface area contributed by atoms with Crippen LogP contribution in [0.15, 0.2) is 59.1 Å². The summed E-state index contributed by atoms with van der Waals surface area (Å²) in [5.74, 6) is -1.16. The minimum absolute atomic E-state index is 0.0484. The van der Waals surface area contributed by atoms with Gasteiger partial charge in [0.25, 0.3) is 11.8 Å². The van der Waals surface area contributed by atoms with Gasteiger partial charge >= 0.3 is 0 Å². The molecular weight excluding hydrogens is 487 g/mol. The third-order valence-electron chi connectivity index (χ3n) is 4.18. The summed E-state index contributed by atoms with van der Waals surface area (Å²) in [6.07, 6.45) is 2.99. The zero-order valence-electron chi connectivity index (χ0n) is 16.5. The molecule has 1 N–H and O–H groups in total. The molecule has 9 heteroatoms. The fourth-order valence-electron chi connectivity index (χ4n) is 2.89. The van der Waals surface area contributed by atoms with Crippen LogP contribution in [0.5, 0.6) is 11.5 Å². The van der Waals surface area contributed by atoms with Gasteiger partial charge in [-0.15, -0.1) is 0 Å². The van der Waals surface area contributed by atoms with Crippen molar-refractivity contribution in [2.75, 3.05) is 18.1 Å². The van der Waals surface area contributed by atoms with Crippen molar-refractivity contribution >= 4 is 56.8 Å². The summed E-state index contributed by atoms with van der Waals surface area (Å²) < 4.78 is 26.1. The number of para-hydroxylation sites is 1. The van der Waals surface area contributed by atoms with Gasteiger partial charge in [0.15, 0.2) is 16.6 Å². The van der Waals surface area contributed by atoms with Crippen molar-refractivity contribution < 1.29 is 23.5 Å². The Morgan fingerprint density at radius 2 is 2.00 bits per heavy atom.